The third-order valence-electron chi connectivity index (χ3n) is 3.05. The highest BCUT2D eigenvalue weighted by Gasteiger charge is 2.11. The fourth-order valence-corrected chi connectivity index (χ4v) is 1.79. The Bertz CT molecular complexity index is 454. The zero-order chi connectivity index (χ0) is 15.5. The van der Waals surface area contributed by atoms with Gasteiger partial charge in [0.1, 0.15) is 0 Å². The van der Waals surface area contributed by atoms with E-state index in [1.807, 2.05) is 6.92 Å². The predicted octanol–water partition coefficient (Wildman–Crippen LogP) is 1.67. The van der Waals surface area contributed by atoms with E-state index < -0.39 is 0 Å². The third kappa shape index (κ3) is 6.33. The van der Waals surface area contributed by atoms with E-state index in [1.54, 1.807) is 13.1 Å². The second-order valence-corrected chi connectivity index (χ2v) is 4.82. The molecule has 1 aromatic heterocycles. The maximum Gasteiger partial charge on any atom is 0.287 e. The van der Waals surface area contributed by atoms with Crippen LogP contribution in [0.25, 0.3) is 0 Å². The van der Waals surface area contributed by atoms with Crippen LogP contribution in [0, 0.1) is 6.92 Å². The van der Waals surface area contributed by atoms with Gasteiger partial charge in [-0.25, -0.2) is 0 Å². The molecule has 1 rings (SSSR count). The summed E-state index contributed by atoms with van der Waals surface area (Å²) in [6.07, 6.45) is 4.62. The Morgan fingerprint density at radius 2 is 1.86 bits per heavy atom. The summed E-state index contributed by atoms with van der Waals surface area (Å²) in [5, 5.41) is 9.29. The molecule has 6 heteroatoms. The van der Waals surface area contributed by atoms with Gasteiger partial charge < -0.3 is 20.4 Å². The number of aliphatic imine (C=N–C) groups is 1. The van der Waals surface area contributed by atoms with Crippen LogP contribution in [0.1, 0.15) is 42.3 Å². The van der Waals surface area contributed by atoms with Crippen LogP contribution in [0.15, 0.2) is 21.7 Å². The van der Waals surface area contributed by atoms with Crippen LogP contribution in [-0.4, -0.2) is 38.5 Å². The molecule has 1 aromatic rings. The van der Waals surface area contributed by atoms with Gasteiger partial charge in [0.25, 0.3) is 5.91 Å². The number of carbonyl (C=O) groups is 1. The van der Waals surface area contributed by atoms with E-state index >= 15 is 0 Å². The van der Waals surface area contributed by atoms with Gasteiger partial charge in [-0.05, 0) is 25.8 Å². The van der Waals surface area contributed by atoms with Gasteiger partial charge >= 0.3 is 0 Å². The molecule has 0 aromatic carbocycles. The first-order valence-corrected chi connectivity index (χ1v) is 7.45. The molecule has 6 nitrogen and oxygen atoms in total. The van der Waals surface area contributed by atoms with E-state index in [4.69, 9.17) is 4.42 Å². The summed E-state index contributed by atoms with van der Waals surface area (Å²) in [5.41, 5.74) is 0.853. The fraction of sp³-hybridized carbons (Fsp3) is 0.600. The van der Waals surface area contributed by atoms with Crippen LogP contribution in [0.5, 0.6) is 0 Å². The minimum Gasteiger partial charge on any atom is -0.459 e. The quantitative estimate of drug-likeness (QED) is 0.387. The molecule has 0 aliphatic heterocycles. The van der Waals surface area contributed by atoms with Gasteiger partial charge in [0.2, 0.25) is 0 Å². The number of guanidine groups is 1. The zero-order valence-electron chi connectivity index (χ0n) is 13.2. The number of hydrogen-bond donors (Lipinski definition) is 3. The normalized spacial score (nSPS) is 11.3. The van der Waals surface area contributed by atoms with Crippen LogP contribution in [0.3, 0.4) is 0 Å². The van der Waals surface area contributed by atoms with E-state index in [0.717, 1.165) is 43.9 Å². The lowest BCUT2D eigenvalue weighted by Crippen LogP contribution is -2.39. The molecule has 1 heterocycles. The summed E-state index contributed by atoms with van der Waals surface area (Å²) in [7, 11) is 1.75. The molecular formula is C15H26N4O2. The molecular weight excluding hydrogens is 268 g/mol. The Kier molecular flexibility index (Phi) is 8.01. The van der Waals surface area contributed by atoms with Crippen LogP contribution in [-0.2, 0) is 0 Å². The van der Waals surface area contributed by atoms with Crippen molar-refractivity contribution in [3.8, 4) is 0 Å². The molecule has 0 aliphatic carbocycles. The van der Waals surface area contributed by atoms with Gasteiger partial charge in [-0.1, -0.05) is 13.3 Å². The lowest BCUT2D eigenvalue weighted by Gasteiger charge is -2.11. The van der Waals surface area contributed by atoms with E-state index in [2.05, 4.69) is 27.9 Å². The summed E-state index contributed by atoms with van der Waals surface area (Å²) in [5.74, 6) is 1.03. The summed E-state index contributed by atoms with van der Waals surface area (Å²) < 4.78 is 5.14. The maximum atomic E-state index is 11.8. The van der Waals surface area contributed by atoms with E-state index in [9.17, 15) is 4.79 Å². The number of nitrogens with one attached hydrogen (secondary N) is 3. The fourth-order valence-electron chi connectivity index (χ4n) is 1.79. The SMILES string of the molecule is CCCCNC(=NC)NCCCNC(=O)c1occc1C. The summed E-state index contributed by atoms with van der Waals surface area (Å²) in [6, 6.07) is 1.78. The number of hydrogen-bond acceptors (Lipinski definition) is 3. The Labute approximate surface area is 126 Å². The van der Waals surface area contributed by atoms with Crippen LogP contribution in [0.2, 0.25) is 0 Å². The molecule has 0 saturated heterocycles. The van der Waals surface area contributed by atoms with Crippen molar-refractivity contribution in [3.05, 3.63) is 23.7 Å². The number of unbranched alkanes of at least 4 members (excludes halogenated alkanes) is 1. The summed E-state index contributed by atoms with van der Waals surface area (Å²) >= 11 is 0. The van der Waals surface area contributed by atoms with Gasteiger partial charge in [-0.15, -0.1) is 0 Å². The summed E-state index contributed by atoms with van der Waals surface area (Å²) in [6.45, 7) is 6.28. The standard InChI is InChI=1S/C15H26N4O2/c1-4-5-8-18-15(16-3)19-10-6-9-17-14(20)13-12(2)7-11-21-13/h7,11H,4-6,8-10H2,1-3H3,(H,17,20)(H2,16,18,19). The lowest BCUT2D eigenvalue weighted by molar-refractivity contribution is 0.0925. The van der Waals surface area contributed by atoms with Crippen molar-refractivity contribution in [1.82, 2.24) is 16.0 Å². The molecule has 1 amide bonds. The van der Waals surface area contributed by atoms with Gasteiger partial charge in [0.15, 0.2) is 11.7 Å². The van der Waals surface area contributed by atoms with Crippen molar-refractivity contribution in [3.63, 3.8) is 0 Å². The average molecular weight is 294 g/mol. The average Bonchev–Trinajstić information content (AvgIpc) is 2.91. The Morgan fingerprint density at radius 1 is 1.19 bits per heavy atom. The molecule has 0 radical (unpaired) electrons. The topological polar surface area (TPSA) is 78.7 Å². The van der Waals surface area contributed by atoms with Crippen molar-refractivity contribution in [2.75, 3.05) is 26.7 Å². The van der Waals surface area contributed by atoms with Crippen molar-refractivity contribution in [1.29, 1.82) is 0 Å². The molecule has 118 valence electrons. The van der Waals surface area contributed by atoms with Crippen molar-refractivity contribution < 1.29 is 9.21 Å². The molecule has 0 fully saturated rings. The largest absolute Gasteiger partial charge is 0.459 e. The molecule has 0 spiro atoms. The third-order valence-corrected chi connectivity index (χ3v) is 3.05. The smallest absolute Gasteiger partial charge is 0.287 e. The predicted molar refractivity (Wildman–Crippen MR) is 84.7 cm³/mol. The Balaban J connectivity index is 2.14. The molecule has 0 saturated carbocycles. The van der Waals surface area contributed by atoms with Gasteiger partial charge in [-0.2, -0.15) is 0 Å². The molecule has 0 aliphatic rings. The second kappa shape index (κ2) is 9.85. The van der Waals surface area contributed by atoms with Gasteiger partial charge in [0, 0.05) is 32.2 Å². The van der Waals surface area contributed by atoms with Crippen molar-refractivity contribution in [2.45, 2.75) is 33.1 Å². The first-order valence-electron chi connectivity index (χ1n) is 7.45. The van der Waals surface area contributed by atoms with Gasteiger partial charge in [0.05, 0.1) is 6.26 Å². The van der Waals surface area contributed by atoms with E-state index in [0.29, 0.717) is 12.3 Å². The number of amides is 1. The zero-order valence-corrected chi connectivity index (χ0v) is 13.2. The second-order valence-electron chi connectivity index (χ2n) is 4.82. The summed E-state index contributed by atoms with van der Waals surface area (Å²) in [4.78, 5) is 15.9. The number of carbonyl (C=O) groups excluding carboxylic acids is 1. The van der Waals surface area contributed by atoms with E-state index in [-0.39, 0.29) is 5.91 Å². The highest BCUT2D eigenvalue weighted by atomic mass is 16.3. The number of aryl methyl sites for hydroxylation is 1. The Hall–Kier alpha value is -1.98. The monoisotopic (exact) mass is 294 g/mol. The minimum atomic E-state index is -0.164. The number of furan rings is 1. The molecule has 0 bridgehead atoms. The number of rotatable bonds is 8. The highest BCUT2D eigenvalue weighted by molar-refractivity contribution is 5.92. The molecule has 21 heavy (non-hydrogen) atoms. The molecule has 0 atom stereocenters. The molecule has 0 unspecified atom stereocenters. The number of nitrogens with zero attached hydrogens (tertiary/aromatic N) is 1. The van der Waals surface area contributed by atoms with Gasteiger partial charge in [-0.3, -0.25) is 9.79 Å². The maximum absolute atomic E-state index is 11.8. The lowest BCUT2D eigenvalue weighted by atomic mass is 10.2. The van der Waals surface area contributed by atoms with Crippen LogP contribution in [0.4, 0.5) is 0 Å². The first kappa shape index (κ1) is 17.1. The van der Waals surface area contributed by atoms with Crippen LogP contribution >= 0.6 is 0 Å². The molecule has 3 N–H and O–H groups in total. The minimum absolute atomic E-state index is 0.164. The van der Waals surface area contributed by atoms with Crippen LogP contribution < -0.4 is 16.0 Å². The van der Waals surface area contributed by atoms with E-state index in [1.165, 1.54) is 6.26 Å². The van der Waals surface area contributed by atoms with Crippen molar-refractivity contribution in [2.24, 2.45) is 4.99 Å². The highest BCUT2D eigenvalue weighted by Crippen LogP contribution is 2.07. The first-order chi connectivity index (χ1) is 10.2. The van der Waals surface area contributed by atoms with Crippen molar-refractivity contribution >= 4 is 11.9 Å². The Morgan fingerprint density at radius 3 is 2.43 bits per heavy atom.